The first-order valence-electron chi connectivity index (χ1n) is 14.4. The highest BCUT2D eigenvalue weighted by Gasteiger charge is 2.48. The summed E-state index contributed by atoms with van der Waals surface area (Å²) in [5.41, 5.74) is 6.84. The van der Waals surface area contributed by atoms with E-state index >= 15 is 0 Å². The van der Waals surface area contributed by atoms with Gasteiger partial charge in [-0.3, -0.25) is 0 Å². The summed E-state index contributed by atoms with van der Waals surface area (Å²) < 4.78 is 12.7. The van der Waals surface area contributed by atoms with Gasteiger partial charge in [-0.25, -0.2) is 0 Å². The van der Waals surface area contributed by atoms with Gasteiger partial charge in [0.15, 0.2) is 5.79 Å². The second-order valence-corrected chi connectivity index (χ2v) is 11.3. The molecule has 3 unspecified atom stereocenters. The largest absolute Gasteiger partial charge is 0.376 e. The van der Waals surface area contributed by atoms with Gasteiger partial charge < -0.3 is 14.6 Å². The summed E-state index contributed by atoms with van der Waals surface area (Å²) in [7, 11) is 0. The van der Waals surface area contributed by atoms with Gasteiger partial charge >= 0.3 is 0 Å². The number of rotatable bonds is 11. The molecular weight excluding hydrogens is 516 g/mol. The van der Waals surface area contributed by atoms with Gasteiger partial charge in [0, 0.05) is 16.9 Å². The Kier molecular flexibility index (Phi) is 9.72. The van der Waals surface area contributed by atoms with Gasteiger partial charge in [0.25, 0.3) is 0 Å². The zero-order valence-electron chi connectivity index (χ0n) is 23.3. The van der Waals surface area contributed by atoms with Gasteiger partial charge in [0.05, 0.1) is 19.8 Å². The predicted molar refractivity (Wildman–Crippen MR) is 162 cm³/mol. The Morgan fingerprint density at radius 3 is 2.10 bits per heavy atom. The molecule has 1 aliphatic rings. The molecule has 4 heteroatoms. The minimum absolute atomic E-state index is 0.153. The summed E-state index contributed by atoms with van der Waals surface area (Å²) in [6, 6.07) is 35.2. The van der Waals surface area contributed by atoms with Crippen LogP contribution in [0.3, 0.4) is 0 Å². The Hall–Kier alpha value is -2.95. The SMILES string of the molecule is CCc1ccc(Cc2cc(C3CCCC(COCc4ccccc4)C3(O)OCc3ccccc3)ccc2Cl)cc1. The fourth-order valence-corrected chi connectivity index (χ4v) is 6.00. The topological polar surface area (TPSA) is 38.7 Å². The highest BCUT2D eigenvalue weighted by Crippen LogP contribution is 2.46. The fourth-order valence-electron chi connectivity index (χ4n) is 5.82. The molecule has 3 nitrogen and oxygen atoms in total. The van der Waals surface area contributed by atoms with E-state index in [4.69, 9.17) is 21.1 Å². The first kappa shape index (κ1) is 28.6. The number of hydrogen-bond acceptors (Lipinski definition) is 3. The second kappa shape index (κ2) is 13.6. The van der Waals surface area contributed by atoms with Gasteiger partial charge in [-0.2, -0.15) is 0 Å². The monoisotopic (exact) mass is 554 g/mol. The van der Waals surface area contributed by atoms with Crippen molar-refractivity contribution in [1.82, 2.24) is 0 Å². The lowest BCUT2D eigenvalue weighted by Crippen LogP contribution is -2.50. The summed E-state index contributed by atoms with van der Waals surface area (Å²) in [5.74, 6) is -1.70. The molecule has 5 rings (SSSR count). The molecule has 0 amide bonds. The average molecular weight is 555 g/mol. The normalized spacial score (nSPS) is 20.9. The molecule has 40 heavy (non-hydrogen) atoms. The molecule has 0 saturated heterocycles. The molecule has 0 aliphatic heterocycles. The maximum atomic E-state index is 12.4. The molecule has 1 N–H and O–H groups in total. The van der Waals surface area contributed by atoms with Crippen LogP contribution in [-0.2, 0) is 35.5 Å². The van der Waals surface area contributed by atoms with Crippen LogP contribution >= 0.6 is 11.6 Å². The lowest BCUT2D eigenvalue weighted by atomic mass is 9.72. The van der Waals surface area contributed by atoms with Crippen LogP contribution in [0, 0.1) is 5.92 Å². The number of hydrogen-bond donors (Lipinski definition) is 1. The summed E-state index contributed by atoms with van der Waals surface area (Å²) >= 11 is 6.70. The summed E-state index contributed by atoms with van der Waals surface area (Å²) in [5, 5.41) is 13.1. The van der Waals surface area contributed by atoms with Crippen molar-refractivity contribution < 1.29 is 14.6 Å². The molecular formula is C36H39ClO3. The van der Waals surface area contributed by atoms with Crippen LogP contribution in [-0.4, -0.2) is 17.5 Å². The van der Waals surface area contributed by atoms with Crippen LogP contribution < -0.4 is 0 Å². The van der Waals surface area contributed by atoms with Crippen LogP contribution in [0.15, 0.2) is 103 Å². The molecule has 208 valence electrons. The quantitative estimate of drug-likeness (QED) is 0.189. The first-order valence-corrected chi connectivity index (χ1v) is 14.8. The van der Waals surface area contributed by atoms with Gasteiger partial charge in [-0.05, 0) is 65.1 Å². The first-order chi connectivity index (χ1) is 19.5. The van der Waals surface area contributed by atoms with Crippen LogP contribution in [0.4, 0.5) is 0 Å². The van der Waals surface area contributed by atoms with Gasteiger partial charge in [0.1, 0.15) is 0 Å². The molecule has 0 radical (unpaired) electrons. The lowest BCUT2D eigenvalue weighted by molar-refractivity contribution is -0.277. The smallest absolute Gasteiger partial charge is 0.177 e. The predicted octanol–water partition coefficient (Wildman–Crippen LogP) is 8.50. The molecule has 1 aliphatic carbocycles. The molecule has 1 saturated carbocycles. The van der Waals surface area contributed by atoms with Crippen molar-refractivity contribution in [3.63, 3.8) is 0 Å². The third-order valence-electron chi connectivity index (χ3n) is 8.17. The molecule has 4 aromatic rings. The Morgan fingerprint density at radius 1 is 0.775 bits per heavy atom. The van der Waals surface area contributed by atoms with E-state index in [1.807, 2.05) is 54.6 Å². The van der Waals surface area contributed by atoms with E-state index in [0.29, 0.717) is 19.8 Å². The van der Waals surface area contributed by atoms with Crippen molar-refractivity contribution in [3.05, 3.63) is 142 Å². The van der Waals surface area contributed by atoms with Gasteiger partial charge in [-0.1, -0.05) is 122 Å². The zero-order chi connectivity index (χ0) is 27.8. The van der Waals surface area contributed by atoms with E-state index in [9.17, 15) is 5.11 Å². The second-order valence-electron chi connectivity index (χ2n) is 10.9. The molecule has 3 atom stereocenters. The van der Waals surface area contributed by atoms with Crippen LogP contribution in [0.5, 0.6) is 0 Å². The van der Waals surface area contributed by atoms with Gasteiger partial charge in [-0.15, -0.1) is 0 Å². The summed E-state index contributed by atoms with van der Waals surface area (Å²) in [6.07, 6.45) is 4.46. The Labute approximate surface area is 243 Å². The van der Waals surface area contributed by atoms with E-state index in [1.165, 1.54) is 11.1 Å². The fraction of sp³-hybridized carbons (Fsp3) is 0.333. The van der Waals surface area contributed by atoms with Crippen LogP contribution in [0.25, 0.3) is 0 Å². The Morgan fingerprint density at radius 2 is 1.43 bits per heavy atom. The van der Waals surface area contributed by atoms with Crippen LogP contribution in [0.2, 0.25) is 5.02 Å². The number of ether oxygens (including phenoxy) is 2. The Balaban J connectivity index is 1.39. The van der Waals surface area contributed by atoms with E-state index in [-0.39, 0.29) is 11.8 Å². The zero-order valence-corrected chi connectivity index (χ0v) is 24.0. The maximum Gasteiger partial charge on any atom is 0.177 e. The molecule has 0 bridgehead atoms. The average Bonchev–Trinajstić information content (AvgIpc) is 3.00. The highest BCUT2D eigenvalue weighted by molar-refractivity contribution is 6.31. The summed E-state index contributed by atoms with van der Waals surface area (Å²) in [4.78, 5) is 0. The van der Waals surface area contributed by atoms with E-state index < -0.39 is 5.79 Å². The number of aryl methyl sites for hydroxylation is 1. The van der Waals surface area contributed by atoms with Crippen molar-refractivity contribution in [3.8, 4) is 0 Å². The maximum absolute atomic E-state index is 12.4. The highest BCUT2D eigenvalue weighted by atomic mass is 35.5. The minimum Gasteiger partial charge on any atom is -0.376 e. The standard InChI is InChI=1S/C36H39ClO3/c1-2-27-16-18-28(19-17-27)22-32-23-31(20-21-35(32)37)34-15-9-14-33(26-39-24-29-10-5-3-6-11-29)36(34,38)40-25-30-12-7-4-8-13-30/h3-8,10-13,16-21,23,33-34,38H,2,9,14-15,22,24-26H2,1H3. The Bertz CT molecular complexity index is 1340. The molecule has 0 heterocycles. The van der Waals surface area contributed by atoms with Crippen LogP contribution in [0.1, 0.15) is 65.5 Å². The van der Waals surface area contributed by atoms with E-state index in [2.05, 4.69) is 55.5 Å². The van der Waals surface area contributed by atoms with Crippen molar-refractivity contribution in [2.45, 2.75) is 63.9 Å². The van der Waals surface area contributed by atoms with Crippen molar-refractivity contribution in [2.24, 2.45) is 5.92 Å². The third kappa shape index (κ3) is 7.03. The lowest BCUT2D eigenvalue weighted by Gasteiger charge is -2.45. The van der Waals surface area contributed by atoms with Crippen molar-refractivity contribution in [1.29, 1.82) is 0 Å². The van der Waals surface area contributed by atoms with E-state index in [1.54, 1.807) is 0 Å². The molecule has 0 aromatic heterocycles. The molecule has 0 spiro atoms. The minimum atomic E-state index is -1.36. The molecule has 1 fully saturated rings. The van der Waals surface area contributed by atoms with Gasteiger partial charge in [0.2, 0.25) is 0 Å². The van der Waals surface area contributed by atoms with Crippen molar-refractivity contribution >= 4 is 11.6 Å². The third-order valence-corrected chi connectivity index (χ3v) is 8.54. The number of benzene rings is 4. The van der Waals surface area contributed by atoms with E-state index in [0.717, 1.165) is 59.4 Å². The van der Waals surface area contributed by atoms with Crippen molar-refractivity contribution in [2.75, 3.05) is 6.61 Å². The molecule has 4 aromatic carbocycles. The summed E-state index contributed by atoms with van der Waals surface area (Å²) in [6.45, 7) is 3.45. The number of halogens is 1. The number of aliphatic hydroxyl groups is 1.